The van der Waals surface area contributed by atoms with Crippen molar-refractivity contribution in [2.45, 2.75) is 19.1 Å². The van der Waals surface area contributed by atoms with Gasteiger partial charge in [-0.15, -0.1) is 0 Å². The first-order valence-corrected chi connectivity index (χ1v) is 5.81. The number of aliphatic hydroxyl groups is 1. The van der Waals surface area contributed by atoms with Crippen molar-refractivity contribution in [3.63, 3.8) is 0 Å². The second kappa shape index (κ2) is 7.50. The van der Waals surface area contributed by atoms with Gasteiger partial charge in [-0.3, -0.25) is 4.79 Å². The fraction of sp³-hybridized carbons (Fsp3) is 0.385. The molecule has 0 aromatic heterocycles. The largest absolute Gasteiger partial charge is 0.479 e. The van der Waals surface area contributed by atoms with Crippen LogP contribution in [0.3, 0.4) is 0 Å². The molecule has 1 amide bonds. The average molecular weight is 267 g/mol. The zero-order valence-electron chi connectivity index (χ0n) is 10.6. The van der Waals surface area contributed by atoms with Crippen LogP contribution in [0.4, 0.5) is 0 Å². The van der Waals surface area contributed by atoms with E-state index in [1.54, 1.807) is 31.4 Å². The number of hydrogen-bond donors (Lipinski definition) is 3. The minimum absolute atomic E-state index is 0.0250. The van der Waals surface area contributed by atoms with Crippen molar-refractivity contribution in [2.75, 3.05) is 13.7 Å². The predicted octanol–water partition coefficient (Wildman–Crippen LogP) is 0.398. The molecule has 1 atom stereocenters. The highest BCUT2D eigenvalue weighted by Gasteiger charge is 2.13. The highest BCUT2D eigenvalue weighted by Crippen LogP contribution is 2.05. The van der Waals surface area contributed by atoms with Crippen LogP contribution in [0.1, 0.15) is 22.3 Å². The molecular weight excluding hydrogens is 250 g/mol. The molecule has 6 heteroatoms. The number of rotatable bonds is 7. The molecule has 0 heterocycles. The molecule has 1 aromatic rings. The van der Waals surface area contributed by atoms with Gasteiger partial charge in [-0.05, 0) is 17.7 Å². The highest BCUT2D eigenvalue weighted by molar-refractivity contribution is 5.94. The van der Waals surface area contributed by atoms with Gasteiger partial charge in [0.1, 0.15) is 0 Å². The summed E-state index contributed by atoms with van der Waals surface area (Å²) in [5.41, 5.74) is 1.44. The number of carboxylic acid groups (broad SMARTS) is 1. The lowest BCUT2D eigenvalue weighted by atomic mass is 10.1. The van der Waals surface area contributed by atoms with Gasteiger partial charge in [-0.1, -0.05) is 12.1 Å². The first-order chi connectivity index (χ1) is 9.04. The van der Waals surface area contributed by atoms with Gasteiger partial charge in [0.2, 0.25) is 0 Å². The van der Waals surface area contributed by atoms with Crippen molar-refractivity contribution in [2.24, 2.45) is 0 Å². The van der Waals surface area contributed by atoms with Crippen molar-refractivity contribution in [1.29, 1.82) is 0 Å². The van der Waals surface area contributed by atoms with Crippen LogP contribution in [-0.2, 0) is 16.1 Å². The van der Waals surface area contributed by atoms with Crippen molar-refractivity contribution in [3.8, 4) is 0 Å². The minimum atomic E-state index is -1.45. The predicted molar refractivity (Wildman–Crippen MR) is 67.7 cm³/mol. The van der Waals surface area contributed by atoms with Gasteiger partial charge in [0.25, 0.3) is 5.91 Å². The van der Waals surface area contributed by atoms with E-state index in [4.69, 9.17) is 14.9 Å². The molecule has 0 bridgehead atoms. The SMILES string of the molecule is COCc1ccc(C(=O)NCCC(O)C(=O)O)cc1. The first kappa shape index (κ1) is 15.1. The van der Waals surface area contributed by atoms with Crippen LogP contribution >= 0.6 is 0 Å². The molecule has 0 fully saturated rings. The Hall–Kier alpha value is -1.92. The van der Waals surface area contributed by atoms with Crippen molar-refractivity contribution in [1.82, 2.24) is 5.32 Å². The normalized spacial score (nSPS) is 11.9. The number of aliphatic hydroxyl groups excluding tert-OH is 1. The first-order valence-electron chi connectivity index (χ1n) is 5.81. The van der Waals surface area contributed by atoms with Crippen LogP contribution in [0.5, 0.6) is 0 Å². The summed E-state index contributed by atoms with van der Waals surface area (Å²) in [5, 5.41) is 20.1. The zero-order chi connectivity index (χ0) is 14.3. The van der Waals surface area contributed by atoms with E-state index in [2.05, 4.69) is 5.32 Å². The quantitative estimate of drug-likeness (QED) is 0.664. The van der Waals surface area contributed by atoms with Gasteiger partial charge >= 0.3 is 5.97 Å². The topological polar surface area (TPSA) is 95.9 Å². The summed E-state index contributed by atoms with van der Waals surface area (Å²) in [6.45, 7) is 0.582. The van der Waals surface area contributed by atoms with E-state index in [9.17, 15) is 9.59 Å². The van der Waals surface area contributed by atoms with E-state index in [1.165, 1.54) is 0 Å². The van der Waals surface area contributed by atoms with Gasteiger partial charge in [0.15, 0.2) is 6.10 Å². The van der Waals surface area contributed by atoms with Gasteiger partial charge in [-0.25, -0.2) is 4.79 Å². The monoisotopic (exact) mass is 267 g/mol. The average Bonchev–Trinajstić information content (AvgIpc) is 2.39. The van der Waals surface area contributed by atoms with Crippen LogP contribution in [0, 0.1) is 0 Å². The number of aliphatic carboxylic acids is 1. The second-order valence-corrected chi connectivity index (χ2v) is 4.03. The lowest BCUT2D eigenvalue weighted by molar-refractivity contribution is -0.146. The fourth-order valence-corrected chi connectivity index (χ4v) is 1.47. The lowest BCUT2D eigenvalue weighted by Gasteiger charge is -2.08. The molecule has 1 unspecified atom stereocenters. The molecule has 1 aromatic carbocycles. The van der Waals surface area contributed by atoms with E-state index in [0.717, 1.165) is 5.56 Å². The Bertz CT molecular complexity index is 429. The molecule has 0 radical (unpaired) electrons. The van der Waals surface area contributed by atoms with E-state index < -0.39 is 12.1 Å². The minimum Gasteiger partial charge on any atom is -0.479 e. The zero-order valence-corrected chi connectivity index (χ0v) is 10.6. The maximum absolute atomic E-state index is 11.7. The number of methoxy groups -OCH3 is 1. The van der Waals surface area contributed by atoms with E-state index in [1.807, 2.05) is 0 Å². The van der Waals surface area contributed by atoms with Crippen LogP contribution in [0.25, 0.3) is 0 Å². The summed E-state index contributed by atoms with van der Waals surface area (Å²) in [4.78, 5) is 22.1. The Morgan fingerprint density at radius 3 is 2.47 bits per heavy atom. The van der Waals surface area contributed by atoms with Crippen LogP contribution < -0.4 is 5.32 Å². The summed E-state index contributed by atoms with van der Waals surface area (Å²) in [7, 11) is 1.59. The Morgan fingerprint density at radius 2 is 1.95 bits per heavy atom. The summed E-state index contributed by atoms with van der Waals surface area (Å²) in [6, 6.07) is 6.89. The third-order valence-corrected chi connectivity index (χ3v) is 2.52. The van der Waals surface area contributed by atoms with Crippen LogP contribution in [0.15, 0.2) is 24.3 Å². The molecule has 0 aliphatic rings. The Kier molecular flexibility index (Phi) is 5.98. The van der Waals surface area contributed by atoms with Crippen LogP contribution in [-0.4, -0.2) is 41.8 Å². The fourth-order valence-electron chi connectivity index (χ4n) is 1.47. The highest BCUT2D eigenvalue weighted by atomic mass is 16.5. The number of nitrogens with one attached hydrogen (secondary N) is 1. The van der Waals surface area contributed by atoms with Gasteiger partial charge < -0.3 is 20.3 Å². The standard InChI is InChI=1S/C13H17NO5/c1-19-8-9-2-4-10(5-3-9)12(16)14-7-6-11(15)13(17)18/h2-5,11,15H,6-8H2,1H3,(H,14,16)(H,17,18). The molecule has 1 rings (SSSR count). The number of amides is 1. The molecule has 6 nitrogen and oxygen atoms in total. The summed E-state index contributed by atoms with van der Waals surface area (Å²) in [6.07, 6.45) is -1.48. The number of carbonyl (C=O) groups is 2. The second-order valence-electron chi connectivity index (χ2n) is 4.03. The van der Waals surface area contributed by atoms with Crippen LogP contribution in [0.2, 0.25) is 0 Å². The van der Waals surface area contributed by atoms with E-state index in [0.29, 0.717) is 12.2 Å². The maximum Gasteiger partial charge on any atom is 0.332 e. The molecule has 0 saturated carbocycles. The van der Waals surface area contributed by atoms with Gasteiger partial charge in [-0.2, -0.15) is 0 Å². The summed E-state index contributed by atoms with van der Waals surface area (Å²) in [5.74, 6) is -1.60. The van der Waals surface area contributed by atoms with Gasteiger partial charge in [0, 0.05) is 25.6 Å². The lowest BCUT2D eigenvalue weighted by Crippen LogP contribution is -2.30. The molecular formula is C13H17NO5. The van der Waals surface area contributed by atoms with Gasteiger partial charge in [0.05, 0.1) is 6.61 Å². The summed E-state index contributed by atoms with van der Waals surface area (Å²) >= 11 is 0. The summed E-state index contributed by atoms with van der Waals surface area (Å²) < 4.78 is 4.96. The number of benzene rings is 1. The third-order valence-electron chi connectivity index (χ3n) is 2.52. The smallest absolute Gasteiger partial charge is 0.332 e. The Labute approximate surface area is 111 Å². The van der Waals surface area contributed by atoms with Crippen molar-refractivity contribution in [3.05, 3.63) is 35.4 Å². The molecule has 3 N–H and O–H groups in total. The number of carboxylic acids is 1. The molecule has 0 saturated heterocycles. The van der Waals surface area contributed by atoms with Crippen molar-refractivity contribution < 1.29 is 24.5 Å². The Balaban J connectivity index is 2.43. The third kappa shape index (κ3) is 5.07. The molecule has 0 aliphatic heterocycles. The van der Waals surface area contributed by atoms with E-state index >= 15 is 0 Å². The molecule has 0 spiro atoms. The van der Waals surface area contributed by atoms with Crippen molar-refractivity contribution >= 4 is 11.9 Å². The number of hydrogen-bond acceptors (Lipinski definition) is 4. The van der Waals surface area contributed by atoms with E-state index in [-0.39, 0.29) is 18.9 Å². The number of ether oxygens (including phenoxy) is 1. The Morgan fingerprint density at radius 1 is 1.32 bits per heavy atom. The maximum atomic E-state index is 11.7. The number of carbonyl (C=O) groups excluding carboxylic acids is 1. The molecule has 0 aliphatic carbocycles. The molecule has 104 valence electrons. The molecule has 19 heavy (non-hydrogen) atoms.